The number of rotatable bonds is 5. The fraction of sp³-hybridized carbons (Fsp3) is 0.136. The van der Waals surface area contributed by atoms with Gasteiger partial charge in [-0.05, 0) is 143 Å². The van der Waals surface area contributed by atoms with Crippen LogP contribution in [-0.2, 0) is 44.3 Å². The normalized spacial score (nSPS) is 13.0. The summed E-state index contributed by atoms with van der Waals surface area (Å²) in [5.41, 5.74) is 6.26. The van der Waals surface area contributed by atoms with E-state index in [9.17, 15) is 43.2 Å². The molecule has 0 atom stereocenters. The minimum Gasteiger partial charge on any atom is -0.384 e. The summed E-state index contributed by atoms with van der Waals surface area (Å²) in [6.07, 6.45) is -7.21. The van der Waals surface area contributed by atoms with Crippen molar-refractivity contribution in [3.05, 3.63) is 167 Å². The van der Waals surface area contributed by atoms with Gasteiger partial charge in [0.15, 0.2) is 0 Å². The van der Waals surface area contributed by atoms with E-state index in [1.165, 1.54) is 82.7 Å². The summed E-state index contributed by atoms with van der Waals surface area (Å²) in [5.74, 6) is 0. The number of hydrogen-bond acceptors (Lipinski definition) is 7. The highest BCUT2D eigenvalue weighted by atomic mass is 35.7. The van der Waals surface area contributed by atoms with Gasteiger partial charge in [-0.1, -0.05) is 36.4 Å². The highest BCUT2D eigenvalue weighted by molar-refractivity contribution is 8.13. The number of sulfonamides is 1. The number of nitrogens with one attached hydrogen (secondary N) is 1. The molecular formula is C44H32Cl2F6N4O4S2. The quantitative estimate of drug-likeness (QED) is 0.134. The lowest BCUT2D eigenvalue weighted by molar-refractivity contribution is -0.138. The third-order valence-electron chi connectivity index (χ3n) is 9.67. The molecule has 6 aromatic rings. The summed E-state index contributed by atoms with van der Waals surface area (Å²) in [7, 11) is -2.40. The summed E-state index contributed by atoms with van der Waals surface area (Å²) in [6, 6.07) is 36.2. The average molecular weight is 930 g/mol. The van der Waals surface area contributed by atoms with Gasteiger partial charge in [0, 0.05) is 29.5 Å². The minimum absolute atomic E-state index is 0. The molecule has 0 unspecified atom stereocenters. The first-order valence-electron chi connectivity index (χ1n) is 18.1. The molecule has 8 rings (SSSR count). The lowest BCUT2D eigenvalue weighted by atomic mass is 10.0. The van der Waals surface area contributed by atoms with Crippen molar-refractivity contribution in [2.45, 2.75) is 35.0 Å². The zero-order valence-electron chi connectivity index (χ0n) is 31.9. The molecule has 1 N–H and O–H groups in total. The number of halogens is 8. The molecule has 2 aliphatic heterocycles. The molecule has 0 saturated carbocycles. The molecule has 0 fully saturated rings. The summed E-state index contributed by atoms with van der Waals surface area (Å²) < 4.78 is 125. The van der Waals surface area contributed by atoms with Crippen LogP contribution in [0.25, 0.3) is 22.3 Å². The van der Waals surface area contributed by atoms with Crippen LogP contribution >= 0.6 is 23.1 Å². The Morgan fingerprint density at radius 1 is 0.565 bits per heavy atom. The van der Waals surface area contributed by atoms with Crippen LogP contribution in [0.4, 0.5) is 37.7 Å². The number of nitriles is 2. The van der Waals surface area contributed by atoms with Crippen molar-refractivity contribution in [1.29, 1.82) is 10.5 Å². The van der Waals surface area contributed by atoms with Gasteiger partial charge in [-0.2, -0.15) is 36.9 Å². The third kappa shape index (κ3) is 11.1. The Bertz CT molecular complexity index is 2860. The van der Waals surface area contributed by atoms with Crippen molar-refractivity contribution >= 4 is 53.5 Å². The van der Waals surface area contributed by atoms with E-state index in [4.69, 9.17) is 21.2 Å². The van der Waals surface area contributed by atoms with E-state index < -0.39 is 42.6 Å². The lowest BCUT2D eigenvalue weighted by Crippen LogP contribution is -2.29. The van der Waals surface area contributed by atoms with Crippen LogP contribution in [0.15, 0.2) is 143 Å². The molecule has 2 heterocycles. The average Bonchev–Trinajstić information content (AvgIpc) is 3.91. The maximum atomic E-state index is 13.0. The smallest absolute Gasteiger partial charge is 0.384 e. The molecule has 0 spiro atoms. The second-order valence-electron chi connectivity index (χ2n) is 13.6. The second-order valence-corrected chi connectivity index (χ2v) is 18.0. The van der Waals surface area contributed by atoms with Crippen LogP contribution in [0.5, 0.6) is 0 Å². The Morgan fingerprint density at radius 3 is 1.45 bits per heavy atom. The molecule has 0 aromatic heterocycles. The lowest BCUT2D eigenvalue weighted by Gasteiger charge is -2.20. The number of anilines is 2. The van der Waals surface area contributed by atoms with Gasteiger partial charge in [0.2, 0.25) is 0 Å². The number of alkyl halides is 6. The maximum absolute atomic E-state index is 13.0. The highest BCUT2D eigenvalue weighted by Gasteiger charge is 2.32. The van der Waals surface area contributed by atoms with E-state index in [0.29, 0.717) is 28.8 Å². The Hall–Kier alpha value is -6.04. The Morgan fingerprint density at radius 2 is 1.00 bits per heavy atom. The van der Waals surface area contributed by atoms with E-state index in [2.05, 4.69) is 5.32 Å². The van der Waals surface area contributed by atoms with Crippen molar-refractivity contribution in [2.24, 2.45) is 0 Å². The van der Waals surface area contributed by atoms with Gasteiger partial charge >= 0.3 is 12.4 Å². The van der Waals surface area contributed by atoms with Gasteiger partial charge in [-0.15, -0.1) is 12.4 Å². The summed E-state index contributed by atoms with van der Waals surface area (Å²) in [4.78, 5) is 0.101. The van der Waals surface area contributed by atoms with Crippen LogP contribution < -0.4 is 9.62 Å². The molecule has 320 valence electrons. The summed E-state index contributed by atoms with van der Waals surface area (Å²) >= 11 is 0. The zero-order chi connectivity index (χ0) is 44.2. The summed E-state index contributed by atoms with van der Waals surface area (Å²) in [5, 5.41) is 20.5. The molecular weight excluding hydrogens is 898 g/mol. The second kappa shape index (κ2) is 18.9. The van der Waals surface area contributed by atoms with Crippen LogP contribution in [0, 0.1) is 22.7 Å². The van der Waals surface area contributed by atoms with E-state index >= 15 is 0 Å². The topological polar surface area (TPSA) is 131 Å². The number of benzene rings is 6. The first kappa shape index (κ1) is 47.0. The Balaban J connectivity index is 0.000000194. The van der Waals surface area contributed by atoms with Crippen molar-refractivity contribution in [2.75, 3.05) is 22.7 Å². The molecule has 0 amide bonds. The molecule has 6 aromatic carbocycles. The van der Waals surface area contributed by atoms with Crippen LogP contribution in [0.2, 0.25) is 0 Å². The molecule has 0 saturated heterocycles. The predicted octanol–water partition coefficient (Wildman–Crippen LogP) is 11.2. The van der Waals surface area contributed by atoms with Crippen molar-refractivity contribution in [3.63, 3.8) is 0 Å². The van der Waals surface area contributed by atoms with Crippen molar-refractivity contribution in [3.8, 4) is 34.4 Å². The molecule has 62 heavy (non-hydrogen) atoms. The van der Waals surface area contributed by atoms with Crippen LogP contribution in [-0.4, -0.2) is 29.9 Å². The van der Waals surface area contributed by atoms with E-state index in [-0.39, 0.29) is 28.7 Å². The maximum Gasteiger partial charge on any atom is 0.416 e. The van der Waals surface area contributed by atoms with Gasteiger partial charge in [-0.3, -0.25) is 4.31 Å². The number of hydrogen-bond donors (Lipinski definition) is 1. The number of fused-ring (bicyclic) bond motifs is 2. The van der Waals surface area contributed by atoms with Crippen molar-refractivity contribution in [1.82, 2.24) is 0 Å². The SMILES string of the molecule is Cl.FC(F)(F)c1ccc(-c2ccc3c(c2)CCN3)cc1.N#Cc1ccc(S(=O)(=O)Cl)cc1.N#Cc1ccc(S(=O)(=O)N2CCc3cc(-c4ccc(C(F)(F)F)cc4)ccc32)cc1. The van der Waals surface area contributed by atoms with Crippen molar-refractivity contribution < 1.29 is 43.2 Å². The molecule has 18 heteroatoms. The standard InChI is InChI=1S/C22H15F3N2O2S.C15H12F3N.C7H4ClNO2S.ClH/c23-22(24,25)19-6-3-16(4-7-19)17-5-10-21-18(13-17)11-12-27(21)30(28,29)20-8-1-15(14-26)2-9-20;16-15(17,18)13-4-1-10(2-5-13)11-3-6-14-12(9-11)7-8-19-14;8-12(10,11)7-3-1-6(5-9)2-4-7;/h1-10,13H,11-12H2;1-6,9,19H,7-8H2;1-4H;1H. The predicted molar refractivity (Wildman–Crippen MR) is 227 cm³/mol. The first-order valence-corrected chi connectivity index (χ1v) is 21.9. The van der Waals surface area contributed by atoms with Gasteiger partial charge in [0.1, 0.15) is 0 Å². The van der Waals surface area contributed by atoms with E-state index in [1.54, 1.807) is 12.1 Å². The van der Waals surface area contributed by atoms with Crippen LogP contribution in [0.3, 0.4) is 0 Å². The van der Waals surface area contributed by atoms with Gasteiger partial charge in [0.25, 0.3) is 19.1 Å². The zero-order valence-corrected chi connectivity index (χ0v) is 35.1. The monoisotopic (exact) mass is 928 g/mol. The van der Waals surface area contributed by atoms with Gasteiger partial charge in [-0.25, -0.2) is 16.8 Å². The molecule has 0 aliphatic carbocycles. The summed E-state index contributed by atoms with van der Waals surface area (Å²) in [6.45, 7) is 1.19. The van der Waals surface area contributed by atoms with Gasteiger partial charge < -0.3 is 5.32 Å². The Kier molecular flexibility index (Phi) is 14.3. The molecule has 0 bridgehead atoms. The first-order chi connectivity index (χ1) is 28.8. The molecule has 8 nitrogen and oxygen atoms in total. The molecule has 2 aliphatic rings. The Labute approximate surface area is 364 Å². The fourth-order valence-electron chi connectivity index (χ4n) is 6.51. The van der Waals surface area contributed by atoms with E-state index in [0.717, 1.165) is 65.2 Å². The van der Waals surface area contributed by atoms with E-state index in [1.807, 2.05) is 36.4 Å². The van der Waals surface area contributed by atoms with Crippen LogP contribution in [0.1, 0.15) is 33.4 Å². The fourth-order valence-corrected chi connectivity index (χ4v) is 8.78. The third-order valence-corrected chi connectivity index (χ3v) is 12.9. The minimum atomic E-state index is -4.39. The van der Waals surface area contributed by atoms with Gasteiger partial charge in [0.05, 0.1) is 49.9 Å². The number of nitrogens with zero attached hydrogens (tertiary/aromatic N) is 3. The highest BCUT2D eigenvalue weighted by Crippen LogP contribution is 2.37. The molecule has 0 radical (unpaired) electrons. The largest absolute Gasteiger partial charge is 0.416 e.